The molecule has 1 aliphatic rings. The molecule has 0 atom stereocenters. The van der Waals surface area contributed by atoms with Crippen LogP contribution in [0, 0.1) is 0 Å². The Morgan fingerprint density at radius 2 is 1.53 bits per heavy atom. The molecule has 4 aromatic rings. The van der Waals surface area contributed by atoms with Crippen molar-refractivity contribution in [3.05, 3.63) is 107 Å². The van der Waals surface area contributed by atoms with Gasteiger partial charge in [-0.2, -0.15) is 4.98 Å². The second-order valence-corrected chi connectivity index (χ2v) is 9.37. The van der Waals surface area contributed by atoms with Gasteiger partial charge in [0, 0.05) is 44.7 Å². The highest BCUT2D eigenvalue weighted by Crippen LogP contribution is 2.20. The molecule has 194 valence electrons. The average Bonchev–Trinajstić information content (AvgIpc) is 3.45. The predicted molar refractivity (Wildman–Crippen MR) is 145 cm³/mol. The molecule has 0 fully saturated rings. The van der Waals surface area contributed by atoms with Crippen LogP contribution in [0.3, 0.4) is 0 Å². The Bertz CT molecular complexity index is 1370. The molecule has 1 aliphatic heterocycles. The summed E-state index contributed by atoms with van der Waals surface area (Å²) in [6, 6.07) is 26.0. The monoisotopic (exact) mass is 509 g/mol. The third-order valence-corrected chi connectivity index (χ3v) is 6.70. The Morgan fingerprint density at radius 1 is 0.816 bits per heavy atom. The highest BCUT2D eigenvalue weighted by molar-refractivity contribution is 5.94. The number of hydrogen-bond donors (Lipinski definition) is 2. The van der Waals surface area contributed by atoms with E-state index in [1.54, 1.807) is 12.1 Å². The number of carbonyl (C=O) groups excluding carboxylic acids is 2. The van der Waals surface area contributed by atoms with Crippen LogP contribution in [0.4, 0.5) is 0 Å². The molecule has 8 heteroatoms. The zero-order chi connectivity index (χ0) is 26.2. The number of amides is 2. The number of carbonyl (C=O) groups is 2. The lowest BCUT2D eigenvalue weighted by Gasteiger charge is -2.28. The van der Waals surface area contributed by atoms with Crippen LogP contribution in [0.2, 0.25) is 0 Å². The first-order valence-corrected chi connectivity index (χ1v) is 13.0. The number of rotatable bonds is 10. The summed E-state index contributed by atoms with van der Waals surface area (Å²) in [5.41, 5.74) is 5.55. The van der Waals surface area contributed by atoms with Crippen LogP contribution in [-0.2, 0) is 19.4 Å². The first-order chi connectivity index (χ1) is 18.7. The second-order valence-electron chi connectivity index (χ2n) is 9.37. The van der Waals surface area contributed by atoms with Crippen LogP contribution >= 0.6 is 0 Å². The van der Waals surface area contributed by atoms with Crippen LogP contribution in [-0.4, -0.2) is 53.0 Å². The normalized spacial score (nSPS) is 13.1. The SMILES string of the molecule is O=C(NCCc1nc(C(=O)NCCCN2CCc3ccccc3C2)no1)c1ccc(-c2ccccc2)cc1. The van der Waals surface area contributed by atoms with E-state index in [1.165, 1.54) is 11.1 Å². The maximum Gasteiger partial charge on any atom is 0.292 e. The van der Waals surface area contributed by atoms with E-state index in [1.807, 2.05) is 42.5 Å². The van der Waals surface area contributed by atoms with E-state index in [0.717, 1.165) is 43.6 Å². The molecule has 0 saturated carbocycles. The van der Waals surface area contributed by atoms with Gasteiger partial charge in [0.15, 0.2) is 0 Å². The van der Waals surface area contributed by atoms with E-state index in [-0.39, 0.29) is 17.6 Å². The van der Waals surface area contributed by atoms with Crippen LogP contribution in [0.1, 0.15) is 44.4 Å². The zero-order valence-corrected chi connectivity index (χ0v) is 21.2. The summed E-state index contributed by atoms with van der Waals surface area (Å²) in [6.45, 7) is 3.77. The molecule has 0 aliphatic carbocycles. The van der Waals surface area contributed by atoms with Crippen molar-refractivity contribution < 1.29 is 14.1 Å². The lowest BCUT2D eigenvalue weighted by Crippen LogP contribution is -2.34. The maximum atomic E-state index is 12.5. The molecule has 0 bridgehead atoms. The summed E-state index contributed by atoms with van der Waals surface area (Å²) in [5.74, 6) is -0.220. The fourth-order valence-corrected chi connectivity index (χ4v) is 4.61. The number of benzene rings is 3. The molecule has 3 aromatic carbocycles. The fraction of sp³-hybridized carbons (Fsp3) is 0.267. The van der Waals surface area contributed by atoms with Crippen molar-refractivity contribution >= 4 is 11.8 Å². The summed E-state index contributed by atoms with van der Waals surface area (Å²) < 4.78 is 5.19. The van der Waals surface area contributed by atoms with Crippen LogP contribution < -0.4 is 10.6 Å². The standard InChI is InChI=1S/C30H31N5O3/c36-29(25-13-11-24(12-14-25)22-7-2-1-3-8-22)32-18-15-27-33-28(34-38-27)30(37)31-17-6-19-35-20-16-23-9-4-5-10-26(23)21-35/h1-5,7-14H,6,15-21H2,(H,31,37)(H,32,36). The third kappa shape index (κ3) is 6.52. The molecule has 0 radical (unpaired) electrons. The van der Waals surface area contributed by atoms with Crippen LogP contribution in [0.25, 0.3) is 11.1 Å². The first kappa shape index (κ1) is 25.4. The number of fused-ring (bicyclic) bond motifs is 1. The summed E-state index contributed by atoms with van der Waals surface area (Å²) >= 11 is 0. The fourth-order valence-electron chi connectivity index (χ4n) is 4.61. The highest BCUT2D eigenvalue weighted by Gasteiger charge is 2.17. The molecule has 1 aromatic heterocycles. The summed E-state index contributed by atoms with van der Waals surface area (Å²) in [4.78, 5) is 31.4. The van der Waals surface area contributed by atoms with E-state index in [9.17, 15) is 9.59 Å². The van der Waals surface area contributed by atoms with Crippen molar-refractivity contribution in [2.24, 2.45) is 0 Å². The molecule has 2 amide bonds. The molecule has 38 heavy (non-hydrogen) atoms. The molecule has 5 rings (SSSR count). The smallest absolute Gasteiger partial charge is 0.292 e. The average molecular weight is 510 g/mol. The van der Waals surface area contributed by atoms with Crippen molar-refractivity contribution in [2.75, 3.05) is 26.2 Å². The molecular weight excluding hydrogens is 478 g/mol. The number of nitrogens with one attached hydrogen (secondary N) is 2. The number of hydrogen-bond acceptors (Lipinski definition) is 6. The van der Waals surface area contributed by atoms with Crippen molar-refractivity contribution in [3.63, 3.8) is 0 Å². The van der Waals surface area contributed by atoms with Gasteiger partial charge in [-0.3, -0.25) is 14.5 Å². The van der Waals surface area contributed by atoms with Gasteiger partial charge in [0.25, 0.3) is 17.6 Å². The van der Waals surface area contributed by atoms with Gasteiger partial charge in [-0.05, 0) is 47.2 Å². The van der Waals surface area contributed by atoms with Crippen LogP contribution in [0.15, 0.2) is 83.4 Å². The summed E-state index contributed by atoms with van der Waals surface area (Å²) in [5, 5.41) is 9.50. The van der Waals surface area contributed by atoms with Gasteiger partial charge < -0.3 is 15.2 Å². The van der Waals surface area contributed by atoms with Gasteiger partial charge in [0.05, 0.1) is 0 Å². The number of aromatic nitrogens is 2. The van der Waals surface area contributed by atoms with E-state index in [0.29, 0.717) is 31.0 Å². The minimum absolute atomic E-state index is 0.00901. The van der Waals surface area contributed by atoms with Gasteiger partial charge in [-0.15, -0.1) is 0 Å². The molecule has 0 spiro atoms. The van der Waals surface area contributed by atoms with Gasteiger partial charge in [-0.25, -0.2) is 0 Å². The highest BCUT2D eigenvalue weighted by atomic mass is 16.5. The Hall–Kier alpha value is -4.30. The molecular formula is C30H31N5O3. The summed E-state index contributed by atoms with van der Waals surface area (Å²) in [6.07, 6.45) is 2.25. The van der Waals surface area contributed by atoms with Crippen LogP contribution in [0.5, 0.6) is 0 Å². The lowest BCUT2D eigenvalue weighted by molar-refractivity contribution is 0.0934. The third-order valence-electron chi connectivity index (χ3n) is 6.70. The van der Waals surface area contributed by atoms with Crippen molar-refractivity contribution in [2.45, 2.75) is 25.8 Å². The largest absolute Gasteiger partial charge is 0.352 e. The quantitative estimate of drug-likeness (QED) is 0.315. The Morgan fingerprint density at radius 3 is 2.34 bits per heavy atom. The molecule has 2 N–H and O–H groups in total. The zero-order valence-electron chi connectivity index (χ0n) is 21.2. The van der Waals surface area contributed by atoms with Gasteiger partial charge >= 0.3 is 0 Å². The predicted octanol–water partition coefficient (Wildman–Crippen LogP) is 3.89. The Kier molecular flexibility index (Phi) is 8.20. The van der Waals surface area contributed by atoms with E-state index >= 15 is 0 Å². The first-order valence-electron chi connectivity index (χ1n) is 13.0. The molecule has 0 saturated heterocycles. The van der Waals surface area contributed by atoms with Crippen molar-refractivity contribution in [3.8, 4) is 11.1 Å². The lowest BCUT2D eigenvalue weighted by atomic mass is 10.00. The van der Waals surface area contributed by atoms with Gasteiger partial charge in [0.2, 0.25) is 5.89 Å². The van der Waals surface area contributed by atoms with E-state index < -0.39 is 0 Å². The van der Waals surface area contributed by atoms with Gasteiger partial charge in [-0.1, -0.05) is 71.9 Å². The minimum Gasteiger partial charge on any atom is -0.352 e. The number of nitrogens with zero attached hydrogens (tertiary/aromatic N) is 3. The maximum absolute atomic E-state index is 12.5. The topological polar surface area (TPSA) is 100 Å². The minimum atomic E-state index is -0.355. The molecule has 8 nitrogen and oxygen atoms in total. The molecule has 0 unspecified atom stereocenters. The van der Waals surface area contributed by atoms with Crippen molar-refractivity contribution in [1.82, 2.24) is 25.7 Å². The summed E-state index contributed by atoms with van der Waals surface area (Å²) in [7, 11) is 0. The second kappa shape index (κ2) is 12.3. The Balaban J connectivity index is 1.01. The van der Waals surface area contributed by atoms with E-state index in [2.05, 4.69) is 49.9 Å². The van der Waals surface area contributed by atoms with Crippen molar-refractivity contribution in [1.29, 1.82) is 0 Å². The van der Waals surface area contributed by atoms with E-state index in [4.69, 9.17) is 4.52 Å². The van der Waals surface area contributed by atoms with Gasteiger partial charge in [0.1, 0.15) is 0 Å². The Labute approximate surface area is 222 Å². The molecule has 2 heterocycles.